The van der Waals surface area contributed by atoms with Crippen LogP contribution in [0.3, 0.4) is 0 Å². The van der Waals surface area contributed by atoms with Crippen molar-refractivity contribution in [3.05, 3.63) is 24.0 Å². The quantitative estimate of drug-likeness (QED) is 0.636. The van der Waals surface area contributed by atoms with Crippen molar-refractivity contribution in [2.75, 3.05) is 18.5 Å². The average molecular weight is 396 g/mol. The van der Waals surface area contributed by atoms with E-state index < -0.39 is 13.3 Å². The topological polar surface area (TPSA) is 89.9 Å². The zero-order valence-electron chi connectivity index (χ0n) is 14.9. The molecule has 0 aromatic carbocycles. The highest BCUT2D eigenvalue weighted by Gasteiger charge is 2.19. The van der Waals surface area contributed by atoms with Crippen LogP contribution in [0.15, 0.2) is 18.2 Å². The van der Waals surface area contributed by atoms with Gasteiger partial charge in [0.05, 0.1) is 0 Å². The Bertz CT molecular complexity index is 938. The number of H-pyrrole nitrogens is 1. The Kier molecular flexibility index (Phi) is 5.33. The molecular weight excluding hydrogens is 377 g/mol. The second-order valence-corrected chi connectivity index (χ2v) is 6.49. The maximum Gasteiger partial charge on any atom is 0.388 e. The molecule has 0 amide bonds. The van der Waals surface area contributed by atoms with Gasteiger partial charge in [0.15, 0.2) is 5.65 Å². The van der Waals surface area contributed by atoms with Gasteiger partial charge in [0.2, 0.25) is 5.88 Å². The summed E-state index contributed by atoms with van der Waals surface area (Å²) in [6, 6.07) is 4.70. The van der Waals surface area contributed by atoms with Crippen LogP contribution in [0.4, 0.5) is 24.8 Å². The van der Waals surface area contributed by atoms with Crippen LogP contribution in [-0.2, 0) is 18.0 Å². The number of ether oxygens (including phenoxy) is 2. The SMILES string of the molecule is FCc1nc2ccc(Nc3cc(OC(F)F)n[nH]3)nc2n1CC1CCOCC1. The van der Waals surface area contributed by atoms with Gasteiger partial charge in [0, 0.05) is 25.8 Å². The molecule has 2 N–H and O–H groups in total. The van der Waals surface area contributed by atoms with E-state index in [0.717, 1.165) is 12.8 Å². The van der Waals surface area contributed by atoms with Crippen LogP contribution in [0.1, 0.15) is 18.7 Å². The van der Waals surface area contributed by atoms with E-state index in [4.69, 9.17) is 4.74 Å². The second kappa shape index (κ2) is 8.05. The Balaban J connectivity index is 1.58. The molecule has 1 aliphatic rings. The van der Waals surface area contributed by atoms with Gasteiger partial charge >= 0.3 is 6.61 Å². The van der Waals surface area contributed by atoms with Gasteiger partial charge in [0.25, 0.3) is 0 Å². The second-order valence-electron chi connectivity index (χ2n) is 6.49. The Morgan fingerprint density at radius 1 is 1.29 bits per heavy atom. The van der Waals surface area contributed by atoms with Crippen molar-refractivity contribution in [3.63, 3.8) is 0 Å². The molecule has 150 valence electrons. The Morgan fingerprint density at radius 2 is 2.11 bits per heavy atom. The van der Waals surface area contributed by atoms with Crippen LogP contribution in [0, 0.1) is 5.92 Å². The molecule has 0 saturated carbocycles. The lowest BCUT2D eigenvalue weighted by atomic mass is 10.0. The van der Waals surface area contributed by atoms with Crippen LogP contribution in [0.25, 0.3) is 11.2 Å². The lowest BCUT2D eigenvalue weighted by Crippen LogP contribution is -2.21. The number of rotatable bonds is 7. The monoisotopic (exact) mass is 396 g/mol. The van der Waals surface area contributed by atoms with E-state index in [2.05, 4.69) is 30.2 Å². The molecule has 0 atom stereocenters. The molecule has 0 radical (unpaired) electrons. The Labute approximate surface area is 158 Å². The molecule has 1 fully saturated rings. The number of pyridine rings is 1. The fraction of sp³-hybridized carbons (Fsp3) is 0.471. The summed E-state index contributed by atoms with van der Waals surface area (Å²) >= 11 is 0. The largest absolute Gasteiger partial charge is 0.415 e. The molecule has 11 heteroatoms. The number of halogens is 3. The smallest absolute Gasteiger partial charge is 0.388 e. The first kappa shape index (κ1) is 18.5. The number of alkyl halides is 3. The Hall–Kier alpha value is -2.82. The van der Waals surface area contributed by atoms with E-state index >= 15 is 0 Å². The lowest BCUT2D eigenvalue weighted by Gasteiger charge is -2.23. The number of aromatic nitrogens is 5. The number of imidazole rings is 1. The third-order valence-corrected chi connectivity index (χ3v) is 4.60. The molecule has 3 aromatic heterocycles. The zero-order chi connectivity index (χ0) is 19.5. The fourth-order valence-electron chi connectivity index (χ4n) is 3.26. The van der Waals surface area contributed by atoms with E-state index in [1.165, 1.54) is 6.07 Å². The Morgan fingerprint density at radius 3 is 2.86 bits per heavy atom. The highest BCUT2D eigenvalue weighted by atomic mass is 19.3. The van der Waals surface area contributed by atoms with E-state index in [1.807, 2.05) is 0 Å². The normalized spacial score (nSPS) is 15.4. The molecule has 0 unspecified atom stereocenters. The molecule has 4 rings (SSSR count). The number of nitrogens with zero attached hydrogens (tertiary/aromatic N) is 4. The number of aromatic amines is 1. The fourth-order valence-corrected chi connectivity index (χ4v) is 3.26. The van der Waals surface area contributed by atoms with Gasteiger partial charge in [-0.25, -0.2) is 14.4 Å². The van der Waals surface area contributed by atoms with Gasteiger partial charge < -0.3 is 19.4 Å². The van der Waals surface area contributed by atoms with Crippen molar-refractivity contribution in [1.82, 2.24) is 24.7 Å². The van der Waals surface area contributed by atoms with Gasteiger partial charge in [-0.2, -0.15) is 8.78 Å². The zero-order valence-corrected chi connectivity index (χ0v) is 14.9. The maximum absolute atomic E-state index is 13.5. The van der Waals surface area contributed by atoms with Gasteiger partial charge in [-0.1, -0.05) is 0 Å². The minimum atomic E-state index is -2.95. The van der Waals surface area contributed by atoms with Gasteiger partial charge in [0.1, 0.15) is 29.7 Å². The molecule has 3 aromatic rings. The first-order chi connectivity index (χ1) is 13.6. The maximum atomic E-state index is 13.5. The van der Waals surface area contributed by atoms with Crippen molar-refractivity contribution >= 4 is 22.8 Å². The predicted octanol–water partition coefficient (Wildman–Crippen LogP) is 3.40. The van der Waals surface area contributed by atoms with Crippen molar-refractivity contribution in [3.8, 4) is 5.88 Å². The summed E-state index contributed by atoms with van der Waals surface area (Å²) in [6.45, 7) is -1.62. The highest BCUT2D eigenvalue weighted by molar-refractivity contribution is 5.74. The van der Waals surface area contributed by atoms with Crippen molar-refractivity contribution in [2.45, 2.75) is 32.7 Å². The first-order valence-corrected chi connectivity index (χ1v) is 8.89. The summed E-state index contributed by atoms with van der Waals surface area (Å²) in [5.41, 5.74) is 1.16. The van der Waals surface area contributed by atoms with E-state index in [9.17, 15) is 13.2 Å². The lowest BCUT2D eigenvalue weighted by molar-refractivity contribution is -0.0528. The summed E-state index contributed by atoms with van der Waals surface area (Å²) < 4.78 is 49.4. The summed E-state index contributed by atoms with van der Waals surface area (Å²) in [4.78, 5) is 8.85. The molecule has 8 nitrogen and oxygen atoms in total. The number of hydrogen-bond donors (Lipinski definition) is 2. The van der Waals surface area contributed by atoms with E-state index in [0.29, 0.717) is 54.3 Å². The summed E-state index contributed by atoms with van der Waals surface area (Å²) in [5.74, 6) is 1.25. The van der Waals surface area contributed by atoms with Crippen molar-refractivity contribution in [2.24, 2.45) is 5.92 Å². The minimum absolute atomic E-state index is 0.233. The van der Waals surface area contributed by atoms with Crippen LogP contribution >= 0.6 is 0 Å². The van der Waals surface area contributed by atoms with E-state index in [1.54, 1.807) is 16.7 Å². The van der Waals surface area contributed by atoms with Crippen LogP contribution in [0.2, 0.25) is 0 Å². The summed E-state index contributed by atoms with van der Waals surface area (Å²) in [6.07, 6.45) is 1.81. The van der Waals surface area contributed by atoms with Crippen molar-refractivity contribution < 1.29 is 22.6 Å². The third-order valence-electron chi connectivity index (χ3n) is 4.60. The number of fused-ring (bicyclic) bond motifs is 1. The molecule has 1 aliphatic heterocycles. The molecule has 0 spiro atoms. The average Bonchev–Trinajstić information content (AvgIpc) is 3.26. The molecule has 4 heterocycles. The van der Waals surface area contributed by atoms with Crippen molar-refractivity contribution in [1.29, 1.82) is 0 Å². The predicted molar refractivity (Wildman–Crippen MR) is 94.4 cm³/mol. The summed E-state index contributed by atoms with van der Waals surface area (Å²) in [7, 11) is 0. The molecular formula is C17H19F3N6O2. The summed E-state index contributed by atoms with van der Waals surface area (Å²) in [5, 5.41) is 9.12. The minimum Gasteiger partial charge on any atom is -0.415 e. The standard InChI is InChI=1S/C17H19F3N6O2/c18-8-14-21-11-1-2-12(22-13-7-15(25-24-13)28-17(19)20)23-16(11)26(14)9-10-3-5-27-6-4-10/h1-2,7,10,17H,3-6,8-9H2,(H2,22,23,24,25). The number of nitrogens with one attached hydrogen (secondary N) is 2. The van der Waals surface area contributed by atoms with Gasteiger partial charge in [-0.3, -0.25) is 5.10 Å². The first-order valence-electron chi connectivity index (χ1n) is 8.89. The number of anilines is 2. The van der Waals surface area contributed by atoms with Crippen LogP contribution < -0.4 is 10.1 Å². The van der Waals surface area contributed by atoms with Gasteiger partial charge in [-0.15, -0.1) is 5.10 Å². The molecule has 1 saturated heterocycles. The molecule has 28 heavy (non-hydrogen) atoms. The van der Waals surface area contributed by atoms with Crippen LogP contribution in [-0.4, -0.2) is 44.6 Å². The molecule has 0 aliphatic carbocycles. The molecule has 0 bridgehead atoms. The van der Waals surface area contributed by atoms with Crippen LogP contribution in [0.5, 0.6) is 5.88 Å². The van der Waals surface area contributed by atoms with E-state index in [-0.39, 0.29) is 5.88 Å². The highest BCUT2D eigenvalue weighted by Crippen LogP contribution is 2.25. The van der Waals surface area contributed by atoms with Gasteiger partial charge in [-0.05, 0) is 30.9 Å². The number of hydrogen-bond acceptors (Lipinski definition) is 6. The third kappa shape index (κ3) is 4.03.